The van der Waals surface area contributed by atoms with Crippen molar-refractivity contribution < 1.29 is 39.8 Å². The minimum Gasteiger partial charge on any atom is -0.394 e. The van der Waals surface area contributed by atoms with Gasteiger partial charge in [-0.2, -0.15) is 0 Å². The molecule has 9 heteroatoms. The maximum Gasteiger partial charge on any atom is 0.220 e. The van der Waals surface area contributed by atoms with Crippen LogP contribution < -0.4 is 5.32 Å². The zero-order valence-electron chi connectivity index (χ0n) is 44.5. The molecule has 1 saturated heterocycles. The predicted octanol–water partition coefficient (Wildman–Crippen LogP) is 14.0. The van der Waals surface area contributed by atoms with E-state index in [4.69, 9.17) is 9.47 Å². The number of carbonyl (C=O) groups is 1. The van der Waals surface area contributed by atoms with Crippen LogP contribution in [0.15, 0.2) is 97.2 Å². The number of unbranched alkanes of at least 4 members (excludes halogenated alkanes) is 23. The first-order valence-corrected chi connectivity index (χ1v) is 28.5. The van der Waals surface area contributed by atoms with E-state index in [1.807, 2.05) is 6.08 Å². The van der Waals surface area contributed by atoms with Crippen molar-refractivity contribution >= 4 is 5.91 Å². The van der Waals surface area contributed by atoms with Gasteiger partial charge in [0.2, 0.25) is 5.91 Å². The van der Waals surface area contributed by atoms with Gasteiger partial charge in [0.05, 0.1) is 25.4 Å². The number of hydrogen-bond donors (Lipinski definition) is 6. The topological polar surface area (TPSA) is 149 Å². The zero-order chi connectivity index (χ0) is 50.8. The van der Waals surface area contributed by atoms with Crippen LogP contribution >= 0.6 is 0 Å². The predicted molar refractivity (Wildman–Crippen MR) is 294 cm³/mol. The number of hydrogen-bond acceptors (Lipinski definition) is 8. The molecule has 402 valence electrons. The van der Waals surface area contributed by atoms with Gasteiger partial charge < -0.3 is 40.3 Å². The number of ether oxygens (including phenoxy) is 2. The highest BCUT2D eigenvalue weighted by Crippen LogP contribution is 2.23. The van der Waals surface area contributed by atoms with Crippen molar-refractivity contribution in [1.29, 1.82) is 0 Å². The smallest absolute Gasteiger partial charge is 0.220 e. The van der Waals surface area contributed by atoms with Crippen molar-refractivity contribution in [3.8, 4) is 0 Å². The standard InChI is InChI=1S/C61H105NO8/c1-3-5-7-9-11-13-15-17-19-21-23-25-26-27-28-29-30-31-33-35-37-39-41-43-45-47-49-51-57(65)62-54(53-69-61-60(68)59(67)58(66)56(52-63)70-61)55(64)50-48-46-44-42-40-38-36-34-32-24-22-20-18-16-14-12-10-8-6-4-2/h5,7,11,13,17,19,23,25,27-28,30-31,35,37,48,50,54-56,58-61,63-64,66-68H,3-4,6,8-10,12,14-16,18,20-22,24,26,29,32-34,36,38-47,49,51-53H2,1-2H3,(H,62,65)/b7-5-,13-11-,19-17-,25-23-,28-27-,31-30-,37-35-,50-48+. The molecule has 70 heavy (non-hydrogen) atoms. The molecule has 0 saturated carbocycles. The molecule has 1 amide bonds. The van der Waals surface area contributed by atoms with E-state index in [0.29, 0.717) is 6.42 Å². The molecule has 6 N–H and O–H groups in total. The van der Waals surface area contributed by atoms with Crippen molar-refractivity contribution in [2.24, 2.45) is 0 Å². The molecule has 1 fully saturated rings. The highest BCUT2D eigenvalue weighted by molar-refractivity contribution is 5.76. The van der Waals surface area contributed by atoms with Crippen LogP contribution in [0.4, 0.5) is 0 Å². The van der Waals surface area contributed by atoms with Gasteiger partial charge >= 0.3 is 0 Å². The van der Waals surface area contributed by atoms with E-state index in [1.54, 1.807) is 6.08 Å². The Morgan fingerprint density at radius 2 is 0.886 bits per heavy atom. The van der Waals surface area contributed by atoms with Crippen LogP contribution in [0.1, 0.15) is 226 Å². The monoisotopic (exact) mass is 980 g/mol. The van der Waals surface area contributed by atoms with E-state index in [0.717, 1.165) is 103 Å². The molecule has 0 radical (unpaired) electrons. The van der Waals surface area contributed by atoms with Gasteiger partial charge in [-0.05, 0) is 77.0 Å². The van der Waals surface area contributed by atoms with E-state index in [-0.39, 0.29) is 12.5 Å². The summed E-state index contributed by atoms with van der Waals surface area (Å²) in [6.07, 6.45) is 64.6. The van der Waals surface area contributed by atoms with Gasteiger partial charge in [0.1, 0.15) is 24.4 Å². The summed E-state index contributed by atoms with van der Waals surface area (Å²) >= 11 is 0. The Labute approximate surface area is 428 Å². The summed E-state index contributed by atoms with van der Waals surface area (Å²) in [6, 6.07) is -0.823. The lowest BCUT2D eigenvalue weighted by atomic mass is 9.99. The molecule has 1 heterocycles. The van der Waals surface area contributed by atoms with Crippen LogP contribution in [0.5, 0.6) is 0 Å². The number of aliphatic hydroxyl groups excluding tert-OH is 5. The summed E-state index contributed by atoms with van der Waals surface area (Å²) in [6.45, 7) is 3.66. The summed E-state index contributed by atoms with van der Waals surface area (Å²) in [5, 5.41) is 54.5. The van der Waals surface area contributed by atoms with Crippen molar-refractivity contribution in [1.82, 2.24) is 5.32 Å². The lowest BCUT2D eigenvalue weighted by Crippen LogP contribution is -2.60. The summed E-state index contributed by atoms with van der Waals surface area (Å²) in [7, 11) is 0. The lowest BCUT2D eigenvalue weighted by Gasteiger charge is -2.40. The average molecular weight is 981 g/mol. The fourth-order valence-electron chi connectivity index (χ4n) is 8.43. The number of rotatable bonds is 47. The van der Waals surface area contributed by atoms with Gasteiger partial charge in [-0.25, -0.2) is 0 Å². The molecular weight excluding hydrogens is 875 g/mol. The van der Waals surface area contributed by atoms with E-state index in [1.165, 1.54) is 103 Å². The van der Waals surface area contributed by atoms with Crippen molar-refractivity contribution in [3.05, 3.63) is 97.2 Å². The van der Waals surface area contributed by atoms with Crippen LogP contribution in [0, 0.1) is 0 Å². The maximum atomic E-state index is 13.1. The van der Waals surface area contributed by atoms with Gasteiger partial charge in [-0.3, -0.25) is 4.79 Å². The average Bonchev–Trinajstić information content (AvgIpc) is 3.36. The van der Waals surface area contributed by atoms with Gasteiger partial charge in [0.15, 0.2) is 6.29 Å². The number of aliphatic hydroxyl groups is 5. The summed E-state index contributed by atoms with van der Waals surface area (Å²) < 4.78 is 11.3. The normalized spacial score (nSPS) is 20.1. The second kappa shape index (κ2) is 49.7. The molecule has 1 aliphatic rings. The summed E-state index contributed by atoms with van der Waals surface area (Å²) in [4.78, 5) is 13.1. The molecule has 0 aromatic rings. The SMILES string of the molecule is CC/C=C\C/C=C\C/C=C\C/C=C\C/C=C\C/C=C\C/C=C\CCCCCCCC(=O)NC(COC1OC(CO)C(O)C(O)C1O)C(O)/C=C/CCCCCCCCCCCCCCCCCCCC. The lowest BCUT2D eigenvalue weighted by molar-refractivity contribution is -0.302. The second-order valence-corrected chi connectivity index (χ2v) is 19.4. The first-order valence-electron chi connectivity index (χ1n) is 28.5. The van der Waals surface area contributed by atoms with Crippen molar-refractivity contribution in [2.45, 2.75) is 269 Å². The fraction of sp³-hybridized carbons (Fsp3) is 0.721. The minimum atomic E-state index is -1.58. The minimum absolute atomic E-state index is 0.198. The summed E-state index contributed by atoms with van der Waals surface area (Å²) in [5.41, 5.74) is 0. The fourth-order valence-corrected chi connectivity index (χ4v) is 8.43. The molecule has 7 unspecified atom stereocenters. The second-order valence-electron chi connectivity index (χ2n) is 19.4. The number of nitrogens with one attached hydrogen (secondary N) is 1. The van der Waals surface area contributed by atoms with E-state index >= 15 is 0 Å². The third kappa shape index (κ3) is 38.7. The van der Waals surface area contributed by atoms with Gasteiger partial charge in [0.25, 0.3) is 0 Å². The van der Waals surface area contributed by atoms with E-state index in [2.05, 4.69) is 104 Å². The van der Waals surface area contributed by atoms with Crippen LogP contribution in [0.3, 0.4) is 0 Å². The van der Waals surface area contributed by atoms with Gasteiger partial charge in [0, 0.05) is 6.42 Å². The molecule has 0 spiro atoms. The van der Waals surface area contributed by atoms with Crippen molar-refractivity contribution in [3.63, 3.8) is 0 Å². The Morgan fingerprint density at radius 3 is 1.31 bits per heavy atom. The first-order chi connectivity index (χ1) is 34.3. The first kappa shape index (κ1) is 65.1. The molecule has 0 bridgehead atoms. The molecular formula is C61H105NO8. The molecule has 7 atom stereocenters. The molecule has 0 aromatic carbocycles. The highest BCUT2D eigenvalue weighted by Gasteiger charge is 2.44. The van der Waals surface area contributed by atoms with Crippen molar-refractivity contribution in [2.75, 3.05) is 13.2 Å². The molecule has 9 nitrogen and oxygen atoms in total. The molecule has 1 aliphatic heterocycles. The number of amides is 1. The Balaban J connectivity index is 2.28. The zero-order valence-corrected chi connectivity index (χ0v) is 44.5. The Bertz CT molecular complexity index is 1420. The van der Waals surface area contributed by atoms with Crippen LogP contribution in [-0.2, 0) is 14.3 Å². The maximum absolute atomic E-state index is 13.1. The van der Waals surface area contributed by atoms with Crippen LogP contribution in [0.2, 0.25) is 0 Å². The number of carbonyl (C=O) groups excluding carboxylic acids is 1. The molecule has 0 aliphatic carbocycles. The Kier molecular flexibility index (Phi) is 46.2. The van der Waals surface area contributed by atoms with Crippen LogP contribution in [0.25, 0.3) is 0 Å². The third-order valence-corrected chi connectivity index (χ3v) is 12.9. The summed E-state index contributed by atoms with van der Waals surface area (Å²) in [5.74, 6) is -0.198. The Hall–Kier alpha value is -2.89. The number of allylic oxidation sites excluding steroid dienone is 15. The Morgan fingerprint density at radius 1 is 0.500 bits per heavy atom. The highest BCUT2D eigenvalue weighted by atomic mass is 16.7. The van der Waals surface area contributed by atoms with E-state index in [9.17, 15) is 30.3 Å². The van der Waals surface area contributed by atoms with Gasteiger partial charge in [-0.1, -0.05) is 239 Å². The van der Waals surface area contributed by atoms with Crippen LogP contribution in [-0.4, -0.2) is 87.5 Å². The molecule has 1 rings (SSSR count). The van der Waals surface area contributed by atoms with Gasteiger partial charge in [-0.15, -0.1) is 0 Å². The quantitative estimate of drug-likeness (QED) is 0.0261. The van der Waals surface area contributed by atoms with E-state index < -0.39 is 49.5 Å². The molecule has 0 aromatic heterocycles. The largest absolute Gasteiger partial charge is 0.394 e. The third-order valence-electron chi connectivity index (χ3n) is 12.9.